The first kappa shape index (κ1) is 19.2. The average molecular weight is 404 g/mol. The van der Waals surface area contributed by atoms with E-state index in [1.54, 1.807) is 35.0 Å². The molecule has 1 aliphatic rings. The highest BCUT2D eigenvalue weighted by Crippen LogP contribution is 2.37. The number of aromatic nitrogens is 4. The van der Waals surface area contributed by atoms with Gasteiger partial charge in [0.05, 0.1) is 18.6 Å². The minimum atomic E-state index is -0.213. The summed E-state index contributed by atoms with van der Waals surface area (Å²) in [4.78, 5) is 26.5. The van der Waals surface area contributed by atoms with Crippen LogP contribution in [0.4, 0.5) is 0 Å². The summed E-state index contributed by atoms with van der Waals surface area (Å²) in [6.07, 6.45) is 4.54. The average Bonchev–Trinajstić information content (AvgIpc) is 3.29. The molecular weight excluding hydrogens is 378 g/mol. The second kappa shape index (κ2) is 8.10. The first-order chi connectivity index (χ1) is 13.6. The number of hydrogen-bond donors (Lipinski definition) is 0. The maximum Gasteiger partial charge on any atom is 0.293 e. The second-order valence-electron chi connectivity index (χ2n) is 7.00. The number of carbonyl (C=O) groups is 1. The van der Waals surface area contributed by atoms with E-state index in [4.69, 9.17) is 14.5 Å². The van der Waals surface area contributed by atoms with E-state index in [0.717, 1.165) is 34.5 Å². The van der Waals surface area contributed by atoms with Crippen molar-refractivity contribution in [2.45, 2.75) is 32.6 Å². The van der Waals surface area contributed by atoms with Crippen molar-refractivity contribution in [3.05, 3.63) is 22.1 Å². The lowest BCUT2D eigenvalue weighted by Crippen LogP contribution is -2.37. The summed E-state index contributed by atoms with van der Waals surface area (Å²) < 4.78 is 12.0. The number of rotatable bonds is 7. The van der Waals surface area contributed by atoms with Crippen molar-refractivity contribution in [1.29, 1.82) is 0 Å². The molecule has 0 radical (unpaired) electrons. The fraction of sp³-hybridized carbons (Fsp3) is 0.579. The van der Waals surface area contributed by atoms with Crippen LogP contribution in [-0.4, -0.2) is 70.9 Å². The van der Waals surface area contributed by atoms with Gasteiger partial charge in [0.2, 0.25) is 5.82 Å². The Balaban J connectivity index is 1.77. The van der Waals surface area contributed by atoms with Crippen LogP contribution in [0.5, 0.6) is 0 Å². The molecule has 1 aliphatic carbocycles. The minimum Gasteiger partial charge on any atom is -0.383 e. The minimum absolute atomic E-state index is 0.195. The fourth-order valence-corrected chi connectivity index (χ4v) is 5.01. The van der Waals surface area contributed by atoms with Gasteiger partial charge in [-0.2, -0.15) is 4.52 Å². The summed E-state index contributed by atoms with van der Waals surface area (Å²) in [6.45, 7) is 3.74. The maximum absolute atomic E-state index is 13.1. The van der Waals surface area contributed by atoms with Crippen molar-refractivity contribution in [2.75, 3.05) is 40.5 Å². The molecule has 3 aromatic rings. The van der Waals surface area contributed by atoms with Crippen molar-refractivity contribution >= 4 is 33.1 Å². The van der Waals surface area contributed by atoms with Gasteiger partial charge in [-0.25, -0.2) is 9.97 Å². The van der Waals surface area contributed by atoms with Gasteiger partial charge in [-0.3, -0.25) is 4.79 Å². The van der Waals surface area contributed by atoms with Crippen molar-refractivity contribution in [3.8, 4) is 0 Å². The van der Waals surface area contributed by atoms with Gasteiger partial charge in [0.15, 0.2) is 5.65 Å². The Kier molecular flexibility index (Phi) is 5.56. The van der Waals surface area contributed by atoms with Crippen LogP contribution in [0.2, 0.25) is 0 Å². The van der Waals surface area contributed by atoms with Crippen LogP contribution in [-0.2, 0) is 22.3 Å². The van der Waals surface area contributed by atoms with Crippen LogP contribution in [0.3, 0.4) is 0 Å². The lowest BCUT2D eigenvalue weighted by molar-refractivity contribution is 0.0616. The molecule has 28 heavy (non-hydrogen) atoms. The summed E-state index contributed by atoms with van der Waals surface area (Å²) in [6, 6.07) is 0. The molecule has 0 spiro atoms. The highest BCUT2D eigenvalue weighted by Gasteiger charge is 2.25. The molecule has 0 aromatic carbocycles. The van der Waals surface area contributed by atoms with E-state index in [0.29, 0.717) is 26.3 Å². The third-order valence-electron chi connectivity index (χ3n) is 5.16. The zero-order valence-electron chi connectivity index (χ0n) is 16.5. The highest BCUT2D eigenvalue weighted by molar-refractivity contribution is 7.19. The van der Waals surface area contributed by atoms with Crippen molar-refractivity contribution < 1.29 is 14.3 Å². The summed E-state index contributed by atoms with van der Waals surface area (Å²) in [5, 5.41) is 5.57. The summed E-state index contributed by atoms with van der Waals surface area (Å²) in [5.74, 6) is 0.725. The molecule has 0 atom stereocenters. The molecule has 0 aliphatic heterocycles. The number of methoxy groups -OCH3 is 2. The van der Waals surface area contributed by atoms with Gasteiger partial charge in [0.1, 0.15) is 10.7 Å². The zero-order valence-corrected chi connectivity index (χ0v) is 17.3. The zero-order chi connectivity index (χ0) is 19.7. The van der Waals surface area contributed by atoms with E-state index >= 15 is 0 Å². The van der Waals surface area contributed by atoms with E-state index in [1.807, 2.05) is 6.92 Å². The molecule has 3 aromatic heterocycles. The maximum atomic E-state index is 13.1. The van der Waals surface area contributed by atoms with Crippen LogP contribution in [0, 0.1) is 6.92 Å². The van der Waals surface area contributed by atoms with E-state index < -0.39 is 0 Å². The Morgan fingerprint density at radius 1 is 1.14 bits per heavy atom. The van der Waals surface area contributed by atoms with Crippen LogP contribution in [0.15, 0.2) is 0 Å². The van der Waals surface area contributed by atoms with Gasteiger partial charge < -0.3 is 14.4 Å². The van der Waals surface area contributed by atoms with Crippen molar-refractivity contribution in [2.24, 2.45) is 0 Å². The van der Waals surface area contributed by atoms with Gasteiger partial charge in [-0.1, -0.05) is 0 Å². The van der Waals surface area contributed by atoms with Gasteiger partial charge in [-0.15, -0.1) is 16.4 Å². The summed E-state index contributed by atoms with van der Waals surface area (Å²) in [7, 11) is 3.24. The summed E-state index contributed by atoms with van der Waals surface area (Å²) in [5.41, 5.74) is 2.08. The molecular formula is C19H25N5O3S. The number of fused-ring (bicyclic) bond motifs is 5. The fourth-order valence-electron chi connectivity index (χ4n) is 3.70. The standard InChI is InChI=1S/C19H25N5O3S/c1-12-20-18-15(13-6-4-5-7-14(13)28-18)17-21-16(22-24(12)17)19(25)23(8-10-26-2)9-11-27-3/h4-11H2,1-3H3. The molecule has 4 rings (SSSR count). The number of aryl methyl sites for hydroxylation is 3. The molecule has 0 saturated carbocycles. The number of ether oxygens (including phenoxy) is 2. The normalized spacial score (nSPS) is 14.0. The predicted molar refractivity (Wildman–Crippen MR) is 107 cm³/mol. The van der Waals surface area contributed by atoms with E-state index in [9.17, 15) is 4.79 Å². The van der Waals surface area contributed by atoms with Crippen LogP contribution < -0.4 is 0 Å². The summed E-state index contributed by atoms with van der Waals surface area (Å²) >= 11 is 1.75. The third-order valence-corrected chi connectivity index (χ3v) is 6.35. The molecule has 0 unspecified atom stereocenters. The van der Waals surface area contributed by atoms with Crippen molar-refractivity contribution in [1.82, 2.24) is 24.5 Å². The number of amides is 1. The molecule has 0 saturated heterocycles. The topological polar surface area (TPSA) is 81.9 Å². The van der Waals surface area contributed by atoms with E-state index in [-0.39, 0.29) is 11.7 Å². The molecule has 0 bridgehead atoms. The first-order valence-electron chi connectivity index (χ1n) is 9.58. The molecule has 1 amide bonds. The van der Waals surface area contributed by atoms with Crippen LogP contribution in [0.1, 0.15) is 39.7 Å². The number of hydrogen-bond acceptors (Lipinski definition) is 7. The van der Waals surface area contributed by atoms with E-state index in [2.05, 4.69) is 10.1 Å². The molecule has 150 valence electrons. The van der Waals surface area contributed by atoms with E-state index in [1.165, 1.54) is 23.3 Å². The molecule has 9 heteroatoms. The Hall–Kier alpha value is -2.10. The van der Waals surface area contributed by atoms with Gasteiger partial charge >= 0.3 is 0 Å². The lowest BCUT2D eigenvalue weighted by Gasteiger charge is -2.20. The van der Waals surface area contributed by atoms with Crippen molar-refractivity contribution in [3.63, 3.8) is 0 Å². The van der Waals surface area contributed by atoms with Crippen LogP contribution in [0.25, 0.3) is 15.9 Å². The Morgan fingerprint density at radius 3 is 2.57 bits per heavy atom. The molecule has 8 nitrogen and oxygen atoms in total. The third kappa shape index (κ3) is 3.38. The monoisotopic (exact) mass is 403 g/mol. The predicted octanol–water partition coefficient (Wildman–Crippen LogP) is 2.26. The molecule has 0 N–H and O–H groups in total. The molecule has 0 fully saturated rings. The number of carbonyl (C=O) groups excluding carboxylic acids is 1. The highest BCUT2D eigenvalue weighted by atomic mass is 32.1. The second-order valence-corrected chi connectivity index (χ2v) is 8.08. The Morgan fingerprint density at radius 2 is 1.86 bits per heavy atom. The van der Waals surface area contributed by atoms with Gasteiger partial charge in [-0.05, 0) is 38.2 Å². The first-order valence-corrected chi connectivity index (χ1v) is 10.4. The Labute approximate surface area is 167 Å². The van der Waals surface area contributed by atoms with Gasteiger partial charge in [0.25, 0.3) is 5.91 Å². The number of thiophene rings is 1. The Bertz CT molecular complexity index is 1000. The quantitative estimate of drug-likeness (QED) is 0.602. The number of nitrogens with zero attached hydrogens (tertiary/aromatic N) is 5. The lowest BCUT2D eigenvalue weighted by atomic mass is 9.97. The largest absolute Gasteiger partial charge is 0.383 e. The smallest absolute Gasteiger partial charge is 0.293 e. The SMILES string of the molecule is COCCN(CCOC)C(=O)c1nc2c3c4c(sc3nc(C)n2n1)CCCC4. The van der Waals surface area contributed by atoms with Gasteiger partial charge in [0, 0.05) is 32.2 Å². The molecule has 3 heterocycles. The van der Waals surface area contributed by atoms with Crippen LogP contribution >= 0.6 is 11.3 Å².